The number of methoxy groups -OCH3 is 1. The smallest absolute Gasteiger partial charge is 0.269 e. The van der Waals surface area contributed by atoms with Crippen LogP contribution in [0.5, 0.6) is 17.2 Å². The van der Waals surface area contributed by atoms with Crippen LogP contribution in [0.15, 0.2) is 152 Å². The summed E-state index contributed by atoms with van der Waals surface area (Å²) in [7, 11) is -0.899. The quantitative estimate of drug-likeness (QED) is 0.112. The molecule has 0 saturated carbocycles. The van der Waals surface area contributed by atoms with Gasteiger partial charge in [0.25, 0.3) is 17.7 Å². The fraction of sp³-hybridized carbons (Fsp3) is 0.268. The topological polar surface area (TPSA) is 149 Å². The van der Waals surface area contributed by atoms with Gasteiger partial charge in [-0.05, 0) is 89.8 Å². The van der Waals surface area contributed by atoms with Gasteiger partial charge in [-0.15, -0.1) is 5.10 Å². The van der Waals surface area contributed by atoms with Gasteiger partial charge >= 0.3 is 0 Å². The number of aliphatic hydroxyl groups is 1. The van der Waals surface area contributed by atoms with E-state index in [0.29, 0.717) is 64.2 Å². The number of para-hydroxylation sites is 4. The molecule has 14 nitrogen and oxygen atoms in total. The van der Waals surface area contributed by atoms with E-state index in [4.69, 9.17) is 18.9 Å². The lowest BCUT2D eigenvalue weighted by Gasteiger charge is -2.37. The number of fused-ring (bicyclic) bond motifs is 4. The molecule has 11 rings (SSSR count). The number of carbonyl (C=O) groups excluding carboxylic acids is 3. The molecule has 7 aromatic rings. The number of anilines is 5. The van der Waals surface area contributed by atoms with Crippen molar-refractivity contribution >= 4 is 59.4 Å². The largest absolute Gasteiger partial charge is 0.497 e. The lowest BCUT2D eigenvalue weighted by molar-refractivity contribution is -0.146. The molecular formula is C56H54N6O8Si. The zero-order valence-electron chi connectivity index (χ0n) is 40.0. The van der Waals surface area contributed by atoms with Gasteiger partial charge in [-0.25, -0.2) is 0 Å². The second kappa shape index (κ2) is 18.3. The first-order valence-corrected chi connectivity index (χ1v) is 27.1. The van der Waals surface area contributed by atoms with E-state index in [9.17, 15) is 14.7 Å². The number of hydrogen-bond donors (Lipinski definition) is 1. The highest BCUT2D eigenvalue weighted by Crippen LogP contribution is 2.61. The average Bonchev–Trinajstić information content (AvgIpc) is 4.06. The van der Waals surface area contributed by atoms with Crippen LogP contribution in [-0.2, 0) is 37.8 Å². The van der Waals surface area contributed by atoms with Crippen molar-refractivity contribution in [3.63, 3.8) is 0 Å². The summed E-state index contributed by atoms with van der Waals surface area (Å²) in [5, 5.41) is 20.7. The molecule has 4 aliphatic rings. The molecule has 1 spiro atoms. The van der Waals surface area contributed by atoms with E-state index in [-0.39, 0.29) is 61.5 Å². The Morgan fingerprint density at radius 3 is 2.03 bits per heavy atom. The molecular weight excluding hydrogens is 913 g/mol. The predicted molar refractivity (Wildman–Crippen MR) is 272 cm³/mol. The van der Waals surface area contributed by atoms with Crippen molar-refractivity contribution in [3.05, 3.63) is 174 Å². The molecule has 15 heteroatoms. The van der Waals surface area contributed by atoms with E-state index >= 15 is 4.79 Å². The van der Waals surface area contributed by atoms with Crippen LogP contribution in [0.25, 0.3) is 0 Å². The van der Waals surface area contributed by atoms with Crippen LogP contribution >= 0.6 is 0 Å². The van der Waals surface area contributed by atoms with Crippen molar-refractivity contribution in [2.45, 2.75) is 62.7 Å². The van der Waals surface area contributed by atoms with Crippen molar-refractivity contribution < 1.29 is 38.4 Å². The molecule has 1 N–H and O–H groups in total. The third-order valence-corrected chi connectivity index (χ3v) is 19.3. The van der Waals surface area contributed by atoms with Crippen molar-refractivity contribution in [1.82, 2.24) is 15.0 Å². The first kappa shape index (κ1) is 45.8. The maximum Gasteiger partial charge on any atom is 0.269 e. The Hall–Kier alpha value is -7.59. The summed E-state index contributed by atoms with van der Waals surface area (Å²) < 4.78 is 26.5. The van der Waals surface area contributed by atoms with Crippen LogP contribution < -0.4 is 34.1 Å². The molecule has 3 amide bonds. The summed E-state index contributed by atoms with van der Waals surface area (Å²) in [6.45, 7) is 7.20. The molecule has 360 valence electrons. The first-order chi connectivity index (χ1) is 34.5. The standard InChI is InChI=1S/C56H54N6O8Si/c1-36-54(71(3,4)42-25-23-41(67-2)24-26-42)51(28-29-59-32-45(57-58-59)43(33-63)38-12-6-5-7-13-38)70-56(36)44-30-40(62-48-15-9-11-17-50(48)69-35-53(62)65)22-27-46(44)60(55(56)66)31-37-18-20-39(21-19-37)61-47-14-8-10-16-49(47)68-34-52(61)64/h5-27,30,32,36,43,51,54,63H,28-29,31,33-35H2,1-4H3/t36-,43?,51+,54-,56+/m0/s1. The van der Waals surface area contributed by atoms with Crippen LogP contribution in [0.4, 0.5) is 28.4 Å². The van der Waals surface area contributed by atoms with E-state index in [1.54, 1.807) is 16.9 Å². The number of carbonyl (C=O) groups is 3. The Kier molecular flexibility index (Phi) is 11.8. The number of ether oxygens (including phenoxy) is 4. The Balaban J connectivity index is 0.990. The third-order valence-electron chi connectivity index (χ3n) is 15.0. The summed E-state index contributed by atoms with van der Waals surface area (Å²) in [6, 6.07) is 46.5. The van der Waals surface area contributed by atoms with Gasteiger partial charge in [0.2, 0.25) is 0 Å². The van der Waals surface area contributed by atoms with Gasteiger partial charge in [-0.2, -0.15) is 0 Å². The molecule has 1 saturated heterocycles. The summed E-state index contributed by atoms with van der Waals surface area (Å²) in [5.74, 6) is 0.719. The van der Waals surface area contributed by atoms with Crippen LogP contribution in [0, 0.1) is 5.92 Å². The fourth-order valence-corrected chi connectivity index (χ4v) is 15.5. The fourth-order valence-electron chi connectivity index (χ4n) is 11.5. The van der Waals surface area contributed by atoms with Crippen LogP contribution in [0.1, 0.15) is 41.6 Å². The van der Waals surface area contributed by atoms with E-state index in [1.165, 1.54) is 5.19 Å². The summed E-state index contributed by atoms with van der Waals surface area (Å²) >= 11 is 0. The molecule has 0 bridgehead atoms. The highest BCUT2D eigenvalue weighted by molar-refractivity contribution is 6.91. The molecule has 5 heterocycles. The number of hydrogen-bond acceptors (Lipinski definition) is 10. The number of nitrogens with zero attached hydrogens (tertiary/aromatic N) is 6. The number of aryl methyl sites for hydroxylation is 1. The summed E-state index contributed by atoms with van der Waals surface area (Å²) in [4.78, 5) is 48.3. The molecule has 1 unspecified atom stereocenters. The number of amides is 3. The lowest BCUT2D eigenvalue weighted by atomic mass is 9.82. The van der Waals surface area contributed by atoms with Crippen molar-refractivity contribution in [2.24, 2.45) is 5.92 Å². The highest BCUT2D eigenvalue weighted by atomic mass is 28.3. The van der Waals surface area contributed by atoms with Crippen LogP contribution in [0.2, 0.25) is 18.6 Å². The average molecular weight is 967 g/mol. The second-order valence-corrected chi connectivity index (χ2v) is 23.9. The van der Waals surface area contributed by atoms with Gasteiger partial charge in [0, 0.05) is 35.6 Å². The molecule has 5 atom stereocenters. The molecule has 0 radical (unpaired) electrons. The third kappa shape index (κ3) is 7.84. The zero-order valence-corrected chi connectivity index (χ0v) is 41.0. The monoisotopic (exact) mass is 966 g/mol. The van der Waals surface area contributed by atoms with Crippen LogP contribution in [0.3, 0.4) is 0 Å². The van der Waals surface area contributed by atoms with Gasteiger partial charge < -0.3 is 29.0 Å². The van der Waals surface area contributed by atoms with Gasteiger partial charge in [0.15, 0.2) is 18.8 Å². The van der Waals surface area contributed by atoms with E-state index < -0.39 is 19.8 Å². The van der Waals surface area contributed by atoms with Crippen molar-refractivity contribution in [1.29, 1.82) is 0 Å². The second-order valence-electron chi connectivity index (χ2n) is 19.2. The summed E-state index contributed by atoms with van der Waals surface area (Å²) in [5.41, 5.74) is 4.90. The predicted octanol–water partition coefficient (Wildman–Crippen LogP) is 8.38. The van der Waals surface area contributed by atoms with Gasteiger partial charge in [0.1, 0.15) is 17.2 Å². The number of benzene rings is 6. The Labute approximate surface area is 413 Å². The Morgan fingerprint density at radius 2 is 1.38 bits per heavy atom. The van der Waals surface area contributed by atoms with Gasteiger partial charge in [-0.3, -0.25) is 28.9 Å². The van der Waals surface area contributed by atoms with E-state index in [0.717, 1.165) is 16.9 Å². The number of aliphatic hydroxyl groups excluding tert-OH is 1. The lowest BCUT2D eigenvalue weighted by Crippen LogP contribution is -2.51. The normalized spacial score (nSPS) is 20.9. The van der Waals surface area contributed by atoms with Gasteiger partial charge in [-0.1, -0.05) is 109 Å². The molecule has 71 heavy (non-hydrogen) atoms. The highest BCUT2D eigenvalue weighted by Gasteiger charge is 2.66. The van der Waals surface area contributed by atoms with Crippen LogP contribution in [-0.4, -0.2) is 78.9 Å². The first-order valence-electron chi connectivity index (χ1n) is 24.0. The SMILES string of the molecule is COc1ccc([Si](C)(C)[C@@H]2[C@@H](CCn3cc(C(CO)c4ccccc4)nn3)O[C@]3(C(=O)N(Cc4ccc(N5C(=O)COc6ccccc65)cc4)c4ccc(N5C(=O)COc6ccccc65)cc43)[C@H]2C)cc1. The number of aromatic nitrogens is 3. The molecule has 1 fully saturated rings. The minimum absolute atomic E-state index is 0.0693. The Bertz CT molecular complexity index is 3150. The molecule has 1 aromatic heterocycles. The van der Waals surface area contributed by atoms with Crippen molar-refractivity contribution in [2.75, 3.05) is 41.6 Å². The molecule has 4 aliphatic heterocycles. The minimum Gasteiger partial charge on any atom is -0.497 e. The maximum atomic E-state index is 16.0. The minimum atomic E-state index is -2.56. The van der Waals surface area contributed by atoms with E-state index in [2.05, 4.69) is 42.5 Å². The van der Waals surface area contributed by atoms with Crippen molar-refractivity contribution in [3.8, 4) is 17.2 Å². The number of rotatable bonds is 13. The molecule has 0 aliphatic carbocycles. The maximum absolute atomic E-state index is 16.0. The molecule has 6 aromatic carbocycles. The summed E-state index contributed by atoms with van der Waals surface area (Å²) in [6.07, 6.45) is 2.00. The van der Waals surface area contributed by atoms with E-state index in [1.807, 2.05) is 149 Å². The van der Waals surface area contributed by atoms with Gasteiger partial charge in [0.05, 0.1) is 63.1 Å². The zero-order chi connectivity index (χ0) is 49.0. The Morgan fingerprint density at radius 1 is 0.761 bits per heavy atom.